The van der Waals surface area contributed by atoms with Gasteiger partial charge < -0.3 is 10.0 Å². The molecule has 88 valence electrons. The van der Waals surface area contributed by atoms with E-state index in [1.807, 2.05) is 31.3 Å². The third-order valence-corrected chi connectivity index (χ3v) is 3.56. The molecular formula is C13H15N3O. The first-order valence-corrected chi connectivity index (χ1v) is 5.88. The summed E-state index contributed by atoms with van der Waals surface area (Å²) in [6.45, 7) is 0. The predicted octanol–water partition coefficient (Wildman–Crippen LogP) is 1.59. The zero-order chi connectivity index (χ0) is 11.8. The molecule has 1 fully saturated rings. The Morgan fingerprint density at radius 1 is 1.24 bits per heavy atom. The summed E-state index contributed by atoms with van der Waals surface area (Å²) in [5, 5.41) is 10.8. The molecule has 0 spiro atoms. The lowest BCUT2D eigenvalue weighted by atomic mass is 9.88. The van der Waals surface area contributed by atoms with Gasteiger partial charge in [-0.05, 0) is 25.0 Å². The van der Waals surface area contributed by atoms with Crippen molar-refractivity contribution < 1.29 is 5.11 Å². The van der Waals surface area contributed by atoms with Crippen molar-refractivity contribution in [2.45, 2.75) is 25.0 Å². The molecule has 2 aromatic rings. The number of rotatable bonds is 2. The molecule has 3 rings (SSSR count). The van der Waals surface area contributed by atoms with Crippen molar-refractivity contribution >= 4 is 16.7 Å². The van der Waals surface area contributed by atoms with Crippen LogP contribution in [0.25, 0.3) is 10.9 Å². The highest BCUT2D eigenvalue weighted by molar-refractivity contribution is 5.89. The molecule has 0 aliphatic heterocycles. The molecule has 1 aromatic carbocycles. The number of hydrogen-bond donors (Lipinski definition) is 1. The second-order valence-electron chi connectivity index (χ2n) is 4.54. The van der Waals surface area contributed by atoms with Gasteiger partial charge in [0.15, 0.2) is 0 Å². The van der Waals surface area contributed by atoms with Crippen LogP contribution in [0.5, 0.6) is 0 Å². The van der Waals surface area contributed by atoms with Crippen molar-refractivity contribution in [3.8, 4) is 0 Å². The van der Waals surface area contributed by atoms with Crippen molar-refractivity contribution in [2.24, 2.45) is 0 Å². The largest absolute Gasteiger partial charge is 0.391 e. The lowest BCUT2D eigenvalue weighted by molar-refractivity contribution is 0.0666. The zero-order valence-corrected chi connectivity index (χ0v) is 9.74. The van der Waals surface area contributed by atoms with Crippen LogP contribution in [0.15, 0.2) is 30.6 Å². The average Bonchev–Trinajstić information content (AvgIpc) is 2.36. The summed E-state index contributed by atoms with van der Waals surface area (Å²) < 4.78 is 0. The van der Waals surface area contributed by atoms with Crippen LogP contribution in [-0.2, 0) is 0 Å². The molecular weight excluding hydrogens is 214 g/mol. The van der Waals surface area contributed by atoms with Crippen LogP contribution in [0.3, 0.4) is 0 Å². The summed E-state index contributed by atoms with van der Waals surface area (Å²) in [4.78, 5) is 10.7. The second-order valence-corrected chi connectivity index (χ2v) is 4.54. The number of hydrogen-bond acceptors (Lipinski definition) is 4. The van der Waals surface area contributed by atoms with E-state index in [2.05, 4.69) is 14.9 Å². The summed E-state index contributed by atoms with van der Waals surface area (Å²) in [5.41, 5.74) is 0.943. The summed E-state index contributed by atoms with van der Waals surface area (Å²) in [7, 11) is 1.99. The first-order chi connectivity index (χ1) is 8.27. The molecule has 1 heterocycles. The monoisotopic (exact) mass is 229 g/mol. The Morgan fingerprint density at radius 3 is 2.76 bits per heavy atom. The minimum absolute atomic E-state index is 0.188. The van der Waals surface area contributed by atoms with Crippen LogP contribution in [0.4, 0.5) is 5.82 Å². The summed E-state index contributed by atoms with van der Waals surface area (Å²) in [6, 6.07) is 8.14. The molecule has 0 radical (unpaired) electrons. The first kappa shape index (κ1) is 10.5. The fourth-order valence-corrected chi connectivity index (χ4v) is 2.35. The van der Waals surface area contributed by atoms with Crippen LogP contribution in [0.2, 0.25) is 0 Å². The molecule has 0 saturated heterocycles. The van der Waals surface area contributed by atoms with E-state index >= 15 is 0 Å². The smallest absolute Gasteiger partial charge is 0.139 e. The SMILES string of the molecule is CN(c1ncnc2ccccc12)C1CCC1O. The maximum Gasteiger partial charge on any atom is 0.139 e. The number of para-hydroxylation sites is 1. The van der Waals surface area contributed by atoms with Crippen molar-refractivity contribution in [1.29, 1.82) is 0 Å². The van der Waals surface area contributed by atoms with Gasteiger partial charge in [-0.1, -0.05) is 12.1 Å². The second kappa shape index (κ2) is 3.96. The highest BCUT2D eigenvalue weighted by Gasteiger charge is 2.33. The summed E-state index contributed by atoms with van der Waals surface area (Å²) in [6.07, 6.45) is 3.27. The molecule has 2 unspecified atom stereocenters. The molecule has 0 amide bonds. The van der Waals surface area contributed by atoms with E-state index in [-0.39, 0.29) is 12.1 Å². The average molecular weight is 229 g/mol. The Labute approximate surface area is 99.9 Å². The van der Waals surface area contributed by atoms with Gasteiger partial charge in [0.25, 0.3) is 0 Å². The quantitative estimate of drug-likeness (QED) is 0.849. The zero-order valence-electron chi connectivity index (χ0n) is 9.74. The topological polar surface area (TPSA) is 49.2 Å². The van der Waals surface area contributed by atoms with Gasteiger partial charge in [-0.2, -0.15) is 0 Å². The van der Waals surface area contributed by atoms with Gasteiger partial charge >= 0.3 is 0 Å². The first-order valence-electron chi connectivity index (χ1n) is 5.88. The van der Waals surface area contributed by atoms with E-state index in [4.69, 9.17) is 0 Å². The van der Waals surface area contributed by atoms with Crippen molar-refractivity contribution in [3.05, 3.63) is 30.6 Å². The van der Waals surface area contributed by atoms with Crippen LogP contribution >= 0.6 is 0 Å². The van der Waals surface area contributed by atoms with Crippen molar-refractivity contribution in [1.82, 2.24) is 9.97 Å². The van der Waals surface area contributed by atoms with Crippen LogP contribution in [0.1, 0.15) is 12.8 Å². The minimum Gasteiger partial charge on any atom is -0.391 e. The summed E-state index contributed by atoms with van der Waals surface area (Å²) in [5.74, 6) is 0.902. The van der Waals surface area contributed by atoms with E-state index < -0.39 is 0 Å². The Balaban J connectivity index is 2.04. The van der Waals surface area contributed by atoms with Crippen LogP contribution < -0.4 is 4.90 Å². The fraction of sp³-hybridized carbons (Fsp3) is 0.385. The standard InChI is InChI=1S/C13H15N3O/c1-16(11-6-7-12(11)17)13-9-4-2-3-5-10(9)14-8-15-13/h2-5,8,11-12,17H,6-7H2,1H3. The highest BCUT2D eigenvalue weighted by Crippen LogP contribution is 2.30. The molecule has 1 N–H and O–H groups in total. The van der Waals surface area contributed by atoms with Crippen LogP contribution in [0, 0.1) is 0 Å². The molecule has 4 nitrogen and oxygen atoms in total. The molecule has 0 bridgehead atoms. The number of benzene rings is 1. The van der Waals surface area contributed by atoms with Gasteiger partial charge in [-0.15, -0.1) is 0 Å². The molecule has 2 atom stereocenters. The maximum atomic E-state index is 9.73. The van der Waals surface area contributed by atoms with Gasteiger partial charge in [0, 0.05) is 12.4 Å². The lowest BCUT2D eigenvalue weighted by Gasteiger charge is -2.40. The van der Waals surface area contributed by atoms with Gasteiger partial charge in [0.2, 0.25) is 0 Å². The number of nitrogens with zero attached hydrogens (tertiary/aromatic N) is 3. The fourth-order valence-electron chi connectivity index (χ4n) is 2.35. The number of likely N-dealkylation sites (N-methyl/N-ethyl adjacent to an activating group) is 1. The van der Waals surface area contributed by atoms with E-state index in [9.17, 15) is 5.11 Å². The van der Waals surface area contributed by atoms with E-state index in [1.165, 1.54) is 0 Å². The lowest BCUT2D eigenvalue weighted by Crippen LogP contribution is -2.49. The van der Waals surface area contributed by atoms with Gasteiger partial charge in [0.1, 0.15) is 12.1 Å². The number of aliphatic hydroxyl groups is 1. The third kappa shape index (κ3) is 1.65. The highest BCUT2D eigenvalue weighted by atomic mass is 16.3. The van der Waals surface area contributed by atoms with Gasteiger partial charge in [-0.3, -0.25) is 0 Å². The molecule has 1 aliphatic rings. The molecule has 1 saturated carbocycles. The molecule has 1 aromatic heterocycles. The van der Waals surface area contributed by atoms with Gasteiger partial charge in [-0.25, -0.2) is 9.97 Å². The van der Waals surface area contributed by atoms with Crippen molar-refractivity contribution in [2.75, 3.05) is 11.9 Å². The Morgan fingerprint density at radius 2 is 2.06 bits per heavy atom. The molecule has 17 heavy (non-hydrogen) atoms. The minimum atomic E-state index is -0.228. The Bertz CT molecular complexity index is 538. The Kier molecular flexibility index (Phi) is 2.44. The van der Waals surface area contributed by atoms with E-state index in [0.717, 1.165) is 29.6 Å². The number of aliphatic hydroxyl groups excluding tert-OH is 1. The predicted molar refractivity (Wildman–Crippen MR) is 67.0 cm³/mol. The molecule has 4 heteroatoms. The number of aromatic nitrogens is 2. The third-order valence-electron chi connectivity index (χ3n) is 3.56. The van der Waals surface area contributed by atoms with Crippen molar-refractivity contribution in [3.63, 3.8) is 0 Å². The van der Waals surface area contributed by atoms with Gasteiger partial charge in [0.05, 0.1) is 17.7 Å². The van der Waals surface area contributed by atoms with E-state index in [1.54, 1.807) is 6.33 Å². The van der Waals surface area contributed by atoms with E-state index in [0.29, 0.717) is 0 Å². The maximum absolute atomic E-state index is 9.73. The molecule has 1 aliphatic carbocycles. The number of anilines is 1. The van der Waals surface area contributed by atoms with Crippen LogP contribution in [-0.4, -0.2) is 34.3 Å². The summed E-state index contributed by atoms with van der Waals surface area (Å²) >= 11 is 0. The Hall–Kier alpha value is -1.68. The number of fused-ring (bicyclic) bond motifs is 1. The normalized spacial score (nSPS) is 23.4.